The molecule has 2 aromatic heterocycles. The number of H-pyrrole nitrogens is 1. The predicted molar refractivity (Wildman–Crippen MR) is 99.4 cm³/mol. The summed E-state index contributed by atoms with van der Waals surface area (Å²) in [4.78, 5) is 32.7. The molecule has 0 bridgehead atoms. The van der Waals surface area contributed by atoms with E-state index in [2.05, 4.69) is 28.3 Å². The first-order chi connectivity index (χ1) is 12.2. The van der Waals surface area contributed by atoms with Gasteiger partial charge in [-0.2, -0.15) is 0 Å². The van der Waals surface area contributed by atoms with Crippen LogP contribution in [0, 0.1) is 0 Å². The van der Waals surface area contributed by atoms with E-state index >= 15 is 0 Å². The lowest BCUT2D eigenvalue weighted by Gasteiger charge is -2.05. The molecular weight excluding hydrogens is 334 g/mol. The summed E-state index contributed by atoms with van der Waals surface area (Å²) < 4.78 is 0. The van der Waals surface area contributed by atoms with Crippen LogP contribution >= 0.6 is 11.3 Å². The maximum absolute atomic E-state index is 12.4. The fourth-order valence-corrected chi connectivity index (χ4v) is 4.37. The highest BCUT2D eigenvalue weighted by molar-refractivity contribution is 7.17. The molecule has 1 aliphatic rings. The largest absolute Gasteiger partial charge is 0.361 e. The lowest BCUT2D eigenvalue weighted by molar-refractivity contribution is -0.115. The van der Waals surface area contributed by atoms with Gasteiger partial charge in [0.1, 0.15) is 0 Å². The molecule has 0 radical (unpaired) electrons. The second-order valence-corrected chi connectivity index (χ2v) is 7.30. The zero-order valence-corrected chi connectivity index (χ0v) is 14.8. The topological polar surface area (TPSA) is 74.8 Å². The number of thiazole rings is 1. The number of para-hydroxylation sites is 1. The van der Waals surface area contributed by atoms with Crippen molar-refractivity contribution in [1.82, 2.24) is 9.97 Å². The summed E-state index contributed by atoms with van der Waals surface area (Å²) >= 11 is 1.29. The number of aryl methyl sites for hydroxylation is 2. The molecule has 0 spiro atoms. The number of rotatable bonds is 4. The first-order valence-corrected chi connectivity index (χ1v) is 9.38. The molecule has 0 saturated carbocycles. The van der Waals surface area contributed by atoms with Gasteiger partial charge in [0.25, 0.3) is 0 Å². The average molecular weight is 353 g/mol. The molecule has 0 fully saturated rings. The Labute approximate surface area is 149 Å². The number of aromatic nitrogens is 2. The molecule has 0 saturated heterocycles. The second-order valence-electron chi connectivity index (χ2n) is 6.30. The molecule has 128 valence electrons. The summed E-state index contributed by atoms with van der Waals surface area (Å²) in [6, 6.07) is 6.16. The summed E-state index contributed by atoms with van der Waals surface area (Å²) in [5, 5.41) is 4.47. The van der Waals surface area contributed by atoms with E-state index in [0.717, 1.165) is 41.4 Å². The lowest BCUT2D eigenvalue weighted by Crippen LogP contribution is -2.14. The zero-order valence-electron chi connectivity index (χ0n) is 14.0. The Kier molecular flexibility index (Phi) is 4.13. The van der Waals surface area contributed by atoms with Gasteiger partial charge < -0.3 is 10.3 Å². The van der Waals surface area contributed by atoms with Crippen molar-refractivity contribution < 1.29 is 9.59 Å². The highest BCUT2D eigenvalue weighted by Crippen LogP contribution is 2.30. The van der Waals surface area contributed by atoms with Crippen LogP contribution in [0.25, 0.3) is 10.9 Å². The third-order valence-electron chi connectivity index (χ3n) is 4.63. The zero-order chi connectivity index (χ0) is 17.4. The van der Waals surface area contributed by atoms with Gasteiger partial charge in [-0.25, -0.2) is 4.98 Å². The van der Waals surface area contributed by atoms with E-state index in [9.17, 15) is 9.59 Å². The number of amides is 1. The maximum Gasteiger partial charge on any atom is 0.230 e. The van der Waals surface area contributed by atoms with Crippen LogP contribution in [0.1, 0.15) is 46.3 Å². The summed E-state index contributed by atoms with van der Waals surface area (Å²) in [7, 11) is 0. The van der Waals surface area contributed by atoms with Crippen LogP contribution in [0.2, 0.25) is 0 Å². The highest BCUT2D eigenvalue weighted by atomic mass is 32.1. The van der Waals surface area contributed by atoms with Crippen LogP contribution in [-0.4, -0.2) is 21.7 Å². The van der Waals surface area contributed by atoms with Gasteiger partial charge in [-0.15, -0.1) is 0 Å². The van der Waals surface area contributed by atoms with Gasteiger partial charge in [-0.1, -0.05) is 36.5 Å². The normalized spacial score (nSPS) is 13.9. The molecule has 6 heteroatoms. The molecule has 5 nitrogen and oxygen atoms in total. The monoisotopic (exact) mass is 353 g/mol. The van der Waals surface area contributed by atoms with Gasteiger partial charge in [-0.05, 0) is 30.4 Å². The third kappa shape index (κ3) is 2.98. The number of carbonyl (C=O) groups is 2. The molecule has 1 aliphatic carbocycles. The quantitative estimate of drug-likeness (QED) is 0.747. The maximum atomic E-state index is 12.4. The number of nitrogens with zero attached hydrogens (tertiary/aromatic N) is 1. The first kappa shape index (κ1) is 16.0. The van der Waals surface area contributed by atoms with E-state index < -0.39 is 0 Å². The van der Waals surface area contributed by atoms with Crippen molar-refractivity contribution in [2.75, 3.05) is 5.32 Å². The number of aromatic amines is 1. The molecule has 1 aromatic carbocycles. The van der Waals surface area contributed by atoms with Crippen molar-refractivity contribution >= 4 is 39.1 Å². The molecule has 25 heavy (non-hydrogen) atoms. The summed E-state index contributed by atoms with van der Waals surface area (Å²) in [6.45, 7) is 2.12. The number of anilines is 1. The van der Waals surface area contributed by atoms with E-state index in [0.29, 0.717) is 16.4 Å². The third-order valence-corrected chi connectivity index (χ3v) is 5.69. The minimum atomic E-state index is -0.110. The molecular formula is C19H19N3O2S. The minimum Gasteiger partial charge on any atom is -0.361 e. The summed E-state index contributed by atoms with van der Waals surface area (Å²) in [5.74, 6) is 0.0318. The van der Waals surface area contributed by atoms with Gasteiger partial charge in [0.15, 0.2) is 10.9 Å². The fourth-order valence-electron chi connectivity index (χ4n) is 3.37. The molecule has 2 N–H and O–H groups in total. The fraction of sp³-hybridized carbons (Fsp3) is 0.316. The number of carbonyl (C=O) groups excluding carboxylic acids is 2. The number of hydrogen-bond acceptors (Lipinski definition) is 4. The van der Waals surface area contributed by atoms with Crippen molar-refractivity contribution in [3.8, 4) is 0 Å². The summed E-state index contributed by atoms with van der Waals surface area (Å²) in [6.07, 6.45) is 5.37. The number of fused-ring (bicyclic) bond motifs is 2. The van der Waals surface area contributed by atoms with Gasteiger partial charge in [0.05, 0.1) is 17.0 Å². The minimum absolute atomic E-state index is 0.110. The first-order valence-electron chi connectivity index (χ1n) is 8.56. The van der Waals surface area contributed by atoms with Crippen molar-refractivity contribution in [2.24, 2.45) is 0 Å². The van der Waals surface area contributed by atoms with Gasteiger partial charge in [0, 0.05) is 23.5 Å². The Morgan fingerprint density at radius 2 is 2.20 bits per heavy atom. The smallest absolute Gasteiger partial charge is 0.230 e. The highest BCUT2D eigenvalue weighted by Gasteiger charge is 2.23. The van der Waals surface area contributed by atoms with Crippen LogP contribution in [0.15, 0.2) is 24.4 Å². The number of nitrogens with one attached hydrogen (secondary N) is 2. The van der Waals surface area contributed by atoms with Gasteiger partial charge in [0.2, 0.25) is 5.91 Å². The number of hydrogen-bond donors (Lipinski definition) is 2. The molecule has 1 amide bonds. The van der Waals surface area contributed by atoms with Crippen LogP contribution in [0.3, 0.4) is 0 Å². The van der Waals surface area contributed by atoms with Crippen molar-refractivity contribution in [2.45, 2.75) is 39.0 Å². The lowest BCUT2D eigenvalue weighted by atomic mass is 10.0. The molecule has 4 rings (SSSR count). The average Bonchev–Trinajstić information content (AvgIpc) is 3.19. The standard InChI is InChI=1S/C19H19N3O2S/c1-2-11-5-3-6-13-12(10-20-17(11)13)9-16(24)22-19-21-14-7-4-8-15(23)18(14)25-19/h3,5-6,10,20H,2,4,7-9H2,1H3,(H,21,22,24). The Bertz CT molecular complexity index is 970. The molecule has 0 unspecified atom stereocenters. The van der Waals surface area contributed by atoms with Crippen LogP contribution in [0.5, 0.6) is 0 Å². The van der Waals surface area contributed by atoms with Gasteiger partial charge >= 0.3 is 0 Å². The number of Topliss-reactive ketones (excluding diaryl/α,β-unsaturated/α-hetero) is 1. The van der Waals surface area contributed by atoms with E-state index in [4.69, 9.17) is 0 Å². The van der Waals surface area contributed by atoms with E-state index in [-0.39, 0.29) is 18.1 Å². The molecule has 0 aliphatic heterocycles. The van der Waals surface area contributed by atoms with Crippen LogP contribution < -0.4 is 5.32 Å². The van der Waals surface area contributed by atoms with Crippen LogP contribution in [0.4, 0.5) is 5.13 Å². The Morgan fingerprint density at radius 1 is 1.32 bits per heavy atom. The molecule has 2 heterocycles. The number of benzene rings is 1. The Hall–Kier alpha value is -2.47. The predicted octanol–water partition coefficient (Wildman–Crippen LogP) is 3.89. The van der Waals surface area contributed by atoms with Crippen molar-refractivity contribution in [3.05, 3.63) is 46.1 Å². The van der Waals surface area contributed by atoms with E-state index in [1.54, 1.807) is 0 Å². The molecule has 0 atom stereocenters. The van der Waals surface area contributed by atoms with E-state index in [1.807, 2.05) is 18.3 Å². The van der Waals surface area contributed by atoms with Gasteiger partial charge in [-0.3, -0.25) is 9.59 Å². The second kappa shape index (κ2) is 6.44. The SMILES string of the molecule is CCc1cccc2c(CC(=O)Nc3nc4c(s3)C(=O)CCC4)c[nH]c12. The van der Waals surface area contributed by atoms with E-state index in [1.165, 1.54) is 16.9 Å². The van der Waals surface area contributed by atoms with Crippen LogP contribution in [-0.2, 0) is 24.1 Å². The van der Waals surface area contributed by atoms with Crippen molar-refractivity contribution in [3.63, 3.8) is 0 Å². The Morgan fingerprint density at radius 3 is 3.00 bits per heavy atom. The summed E-state index contributed by atoms with van der Waals surface area (Å²) in [5.41, 5.74) is 4.15. The number of ketones is 1. The van der Waals surface area contributed by atoms with Crippen molar-refractivity contribution in [1.29, 1.82) is 0 Å². The molecule has 3 aromatic rings. The Balaban J connectivity index is 1.52.